The number of pyridine rings is 1. The summed E-state index contributed by atoms with van der Waals surface area (Å²) in [4.78, 5) is 4.47. The number of benzene rings is 1. The van der Waals surface area contributed by atoms with Gasteiger partial charge in [-0.05, 0) is 25.0 Å². The number of alkyl halides is 3. The van der Waals surface area contributed by atoms with E-state index in [-0.39, 0.29) is 5.75 Å². The van der Waals surface area contributed by atoms with E-state index in [4.69, 9.17) is 4.74 Å². The number of para-hydroxylation sites is 1. The van der Waals surface area contributed by atoms with Gasteiger partial charge in [0.15, 0.2) is 6.61 Å². The van der Waals surface area contributed by atoms with Crippen molar-refractivity contribution in [2.45, 2.75) is 26.4 Å². The van der Waals surface area contributed by atoms with Crippen LogP contribution in [0.2, 0.25) is 0 Å². The Morgan fingerprint density at radius 3 is 2.57 bits per heavy atom. The number of halogens is 3. The molecule has 0 aliphatic rings. The van der Waals surface area contributed by atoms with Crippen molar-refractivity contribution in [3.05, 3.63) is 29.5 Å². The van der Waals surface area contributed by atoms with E-state index in [1.54, 1.807) is 13.1 Å². The van der Waals surface area contributed by atoms with Gasteiger partial charge in [0.2, 0.25) is 0 Å². The molecule has 2 aromatic rings. The molecule has 0 bridgehead atoms. The highest BCUT2D eigenvalue weighted by molar-refractivity contribution is 5.96. The fourth-order valence-corrected chi connectivity index (χ4v) is 2.35. The summed E-state index contributed by atoms with van der Waals surface area (Å²) in [6, 6.07) is 5.00. The van der Waals surface area contributed by atoms with Crippen LogP contribution in [0.25, 0.3) is 10.9 Å². The Labute approximate surface area is 121 Å². The summed E-state index contributed by atoms with van der Waals surface area (Å²) in [6.07, 6.45) is -3.67. The third-order valence-corrected chi connectivity index (χ3v) is 3.30. The minimum atomic E-state index is -4.37. The Morgan fingerprint density at radius 2 is 2.00 bits per heavy atom. The molecular weight excluding hydrogens is 281 g/mol. The number of hydrogen-bond donors (Lipinski definition) is 1. The van der Waals surface area contributed by atoms with Gasteiger partial charge in [-0.25, -0.2) is 4.98 Å². The van der Waals surface area contributed by atoms with Gasteiger partial charge in [-0.15, -0.1) is 0 Å². The van der Waals surface area contributed by atoms with E-state index in [0.29, 0.717) is 11.9 Å². The Bertz CT molecular complexity index is 653. The molecule has 0 radical (unpaired) electrons. The molecule has 0 amide bonds. The molecule has 0 atom stereocenters. The van der Waals surface area contributed by atoms with Crippen LogP contribution in [0, 0.1) is 6.92 Å². The van der Waals surface area contributed by atoms with Gasteiger partial charge < -0.3 is 10.1 Å². The second-order valence-electron chi connectivity index (χ2n) is 4.72. The van der Waals surface area contributed by atoms with Gasteiger partial charge in [-0.1, -0.05) is 19.1 Å². The fourth-order valence-electron chi connectivity index (χ4n) is 2.35. The second-order valence-corrected chi connectivity index (χ2v) is 4.72. The van der Waals surface area contributed by atoms with Crippen LogP contribution in [0.3, 0.4) is 0 Å². The molecule has 114 valence electrons. The molecule has 1 N–H and O–H groups in total. The smallest absolute Gasteiger partial charge is 0.422 e. The number of hydrogen-bond acceptors (Lipinski definition) is 3. The van der Waals surface area contributed by atoms with Crippen molar-refractivity contribution < 1.29 is 17.9 Å². The average molecular weight is 298 g/mol. The van der Waals surface area contributed by atoms with Gasteiger partial charge in [0, 0.05) is 23.8 Å². The molecule has 0 saturated carbocycles. The maximum Gasteiger partial charge on any atom is 0.422 e. The van der Waals surface area contributed by atoms with Crippen LogP contribution in [0.4, 0.5) is 18.9 Å². The lowest BCUT2D eigenvalue weighted by atomic mass is 10.0. The first kappa shape index (κ1) is 15.4. The SMILES string of the molecule is CCc1nc2c(OCC(F)(F)F)cccc2c(NC)c1C. The van der Waals surface area contributed by atoms with Crippen molar-refractivity contribution in [3.63, 3.8) is 0 Å². The maximum absolute atomic E-state index is 12.3. The van der Waals surface area contributed by atoms with Crippen molar-refractivity contribution in [2.75, 3.05) is 19.0 Å². The van der Waals surface area contributed by atoms with Crippen molar-refractivity contribution >= 4 is 16.6 Å². The summed E-state index contributed by atoms with van der Waals surface area (Å²) in [5.41, 5.74) is 3.17. The zero-order chi connectivity index (χ0) is 15.6. The number of aromatic nitrogens is 1. The Balaban J connectivity index is 2.58. The molecule has 1 heterocycles. The Hall–Kier alpha value is -1.98. The third kappa shape index (κ3) is 3.20. The molecule has 0 saturated heterocycles. The van der Waals surface area contributed by atoms with E-state index in [1.165, 1.54) is 6.07 Å². The largest absolute Gasteiger partial charge is 0.482 e. The summed E-state index contributed by atoms with van der Waals surface area (Å²) in [5.74, 6) is 0.149. The van der Waals surface area contributed by atoms with Crippen molar-refractivity contribution in [1.29, 1.82) is 0 Å². The van der Waals surface area contributed by atoms with E-state index >= 15 is 0 Å². The van der Waals surface area contributed by atoms with E-state index < -0.39 is 12.8 Å². The van der Waals surface area contributed by atoms with Gasteiger partial charge in [-0.3, -0.25) is 0 Å². The first-order chi connectivity index (χ1) is 9.87. The number of rotatable bonds is 4. The Kier molecular flexibility index (Phi) is 4.25. The number of nitrogens with zero attached hydrogens (tertiary/aromatic N) is 1. The summed E-state index contributed by atoms with van der Waals surface area (Å²) in [6.45, 7) is 2.58. The molecule has 0 aliphatic carbocycles. The first-order valence-electron chi connectivity index (χ1n) is 6.67. The van der Waals surface area contributed by atoms with Crippen LogP contribution in [0.1, 0.15) is 18.2 Å². The summed E-state index contributed by atoms with van der Waals surface area (Å²) < 4.78 is 41.9. The zero-order valence-electron chi connectivity index (χ0n) is 12.1. The van der Waals surface area contributed by atoms with E-state index in [2.05, 4.69) is 10.3 Å². The number of ether oxygens (including phenoxy) is 1. The van der Waals surface area contributed by atoms with Crippen molar-refractivity contribution in [3.8, 4) is 5.75 Å². The van der Waals surface area contributed by atoms with Crippen LogP contribution < -0.4 is 10.1 Å². The molecule has 21 heavy (non-hydrogen) atoms. The molecule has 3 nitrogen and oxygen atoms in total. The monoisotopic (exact) mass is 298 g/mol. The van der Waals surface area contributed by atoms with Gasteiger partial charge >= 0.3 is 6.18 Å². The summed E-state index contributed by atoms with van der Waals surface area (Å²) in [7, 11) is 1.78. The molecule has 1 aromatic carbocycles. The fraction of sp³-hybridized carbons (Fsp3) is 0.400. The van der Waals surface area contributed by atoms with Gasteiger partial charge in [0.25, 0.3) is 0 Å². The molecule has 1 aromatic heterocycles. The molecular formula is C15H17F3N2O. The van der Waals surface area contributed by atoms with Gasteiger partial charge in [-0.2, -0.15) is 13.2 Å². The number of aryl methyl sites for hydroxylation is 1. The molecule has 2 rings (SSSR count). The highest BCUT2D eigenvalue weighted by Gasteiger charge is 2.29. The molecule has 0 aliphatic heterocycles. The highest BCUT2D eigenvalue weighted by Crippen LogP contribution is 2.33. The molecule has 0 fully saturated rings. The standard InChI is InChI=1S/C15H17F3N2O/c1-4-11-9(2)13(19-3)10-6-5-7-12(14(10)20-11)21-8-15(16,17)18/h5-7H,4,8H2,1-3H3,(H,19,20). The lowest BCUT2D eigenvalue weighted by Crippen LogP contribution is -2.19. The van der Waals surface area contributed by atoms with Crippen LogP contribution in [-0.4, -0.2) is 24.8 Å². The summed E-state index contributed by atoms with van der Waals surface area (Å²) in [5, 5.41) is 3.85. The highest BCUT2D eigenvalue weighted by atomic mass is 19.4. The zero-order valence-corrected chi connectivity index (χ0v) is 12.1. The van der Waals surface area contributed by atoms with Crippen molar-refractivity contribution in [1.82, 2.24) is 4.98 Å². The topological polar surface area (TPSA) is 34.1 Å². The van der Waals surface area contributed by atoms with Crippen LogP contribution >= 0.6 is 0 Å². The van der Waals surface area contributed by atoms with Crippen LogP contribution in [0.5, 0.6) is 5.75 Å². The molecule has 0 unspecified atom stereocenters. The van der Waals surface area contributed by atoms with E-state index in [9.17, 15) is 13.2 Å². The number of nitrogens with one attached hydrogen (secondary N) is 1. The molecule has 0 spiro atoms. The number of fused-ring (bicyclic) bond motifs is 1. The average Bonchev–Trinajstić information content (AvgIpc) is 2.43. The lowest BCUT2D eigenvalue weighted by molar-refractivity contribution is -0.153. The normalized spacial score (nSPS) is 11.7. The molecule has 6 heteroatoms. The Morgan fingerprint density at radius 1 is 1.29 bits per heavy atom. The predicted molar refractivity (Wildman–Crippen MR) is 77.0 cm³/mol. The first-order valence-corrected chi connectivity index (χ1v) is 6.67. The van der Waals surface area contributed by atoms with Crippen molar-refractivity contribution in [2.24, 2.45) is 0 Å². The quantitative estimate of drug-likeness (QED) is 0.923. The predicted octanol–water partition coefficient (Wildman–Crippen LogP) is 4.09. The third-order valence-electron chi connectivity index (χ3n) is 3.30. The lowest BCUT2D eigenvalue weighted by Gasteiger charge is -2.16. The number of anilines is 1. The maximum atomic E-state index is 12.3. The van der Waals surface area contributed by atoms with E-state index in [0.717, 1.165) is 22.3 Å². The second kappa shape index (κ2) is 5.79. The minimum Gasteiger partial charge on any atom is -0.482 e. The van der Waals surface area contributed by atoms with Gasteiger partial charge in [0.05, 0.1) is 0 Å². The van der Waals surface area contributed by atoms with Crippen LogP contribution in [-0.2, 0) is 6.42 Å². The van der Waals surface area contributed by atoms with E-state index in [1.807, 2.05) is 19.9 Å². The van der Waals surface area contributed by atoms with Gasteiger partial charge in [0.1, 0.15) is 11.3 Å². The minimum absolute atomic E-state index is 0.149. The van der Waals surface area contributed by atoms with Crippen LogP contribution in [0.15, 0.2) is 18.2 Å². The summed E-state index contributed by atoms with van der Waals surface area (Å²) >= 11 is 0.